The summed E-state index contributed by atoms with van der Waals surface area (Å²) in [6.45, 7) is 4.32. The van der Waals surface area contributed by atoms with Gasteiger partial charge in [0.25, 0.3) is 0 Å². The Morgan fingerprint density at radius 2 is 2.00 bits per heavy atom. The standard InChI is InChI=1S/C10H21NO4S/c1-2-5-15-8-10(9-16(11,12)13)3-6-14-7-4-10/h2-9H2,1H3,(H2,11,12,13). The summed E-state index contributed by atoms with van der Waals surface area (Å²) in [4.78, 5) is 0. The SMILES string of the molecule is CCCOCC1(CS(N)(=O)=O)CCOCC1. The van der Waals surface area contributed by atoms with Crippen molar-refractivity contribution in [1.82, 2.24) is 0 Å². The van der Waals surface area contributed by atoms with Crippen LogP contribution in [0.15, 0.2) is 0 Å². The molecule has 1 saturated heterocycles. The summed E-state index contributed by atoms with van der Waals surface area (Å²) in [5.74, 6) is -0.00687. The average Bonchev–Trinajstić information content (AvgIpc) is 2.16. The van der Waals surface area contributed by atoms with E-state index in [0.29, 0.717) is 39.3 Å². The summed E-state index contributed by atoms with van der Waals surface area (Å²) in [5.41, 5.74) is -0.346. The van der Waals surface area contributed by atoms with Crippen LogP contribution in [0.1, 0.15) is 26.2 Å². The van der Waals surface area contributed by atoms with Crippen LogP contribution in [0.5, 0.6) is 0 Å². The van der Waals surface area contributed by atoms with Crippen molar-refractivity contribution in [2.24, 2.45) is 10.6 Å². The third-order valence-electron chi connectivity index (χ3n) is 2.82. The van der Waals surface area contributed by atoms with Gasteiger partial charge in [-0.25, -0.2) is 13.6 Å². The fourth-order valence-corrected chi connectivity index (χ4v) is 3.22. The maximum Gasteiger partial charge on any atom is 0.209 e. The van der Waals surface area contributed by atoms with Crippen LogP contribution < -0.4 is 5.14 Å². The van der Waals surface area contributed by atoms with Crippen molar-refractivity contribution in [3.8, 4) is 0 Å². The van der Waals surface area contributed by atoms with Crippen LogP contribution >= 0.6 is 0 Å². The first-order valence-electron chi connectivity index (χ1n) is 5.63. The highest BCUT2D eigenvalue weighted by Crippen LogP contribution is 2.32. The molecule has 0 unspecified atom stereocenters. The van der Waals surface area contributed by atoms with Gasteiger partial charge in [0.15, 0.2) is 0 Å². The Hall–Kier alpha value is -0.170. The Morgan fingerprint density at radius 3 is 2.50 bits per heavy atom. The summed E-state index contributed by atoms with van der Waals surface area (Å²) >= 11 is 0. The molecule has 1 rings (SSSR count). The Bertz CT molecular complexity index is 296. The van der Waals surface area contributed by atoms with E-state index in [-0.39, 0.29) is 11.2 Å². The quantitative estimate of drug-likeness (QED) is 0.697. The molecule has 0 spiro atoms. The van der Waals surface area contributed by atoms with Crippen molar-refractivity contribution in [3.63, 3.8) is 0 Å². The summed E-state index contributed by atoms with van der Waals surface area (Å²) in [6, 6.07) is 0. The van der Waals surface area contributed by atoms with Crippen LogP contribution in [0.4, 0.5) is 0 Å². The number of nitrogens with two attached hydrogens (primary N) is 1. The average molecular weight is 251 g/mol. The molecule has 0 saturated carbocycles. The van der Waals surface area contributed by atoms with Crippen LogP contribution in [-0.4, -0.2) is 40.6 Å². The summed E-state index contributed by atoms with van der Waals surface area (Å²) in [6.07, 6.45) is 2.34. The lowest BCUT2D eigenvalue weighted by Gasteiger charge is -2.36. The molecule has 0 aromatic rings. The smallest absolute Gasteiger partial charge is 0.209 e. The maximum absolute atomic E-state index is 11.2. The van der Waals surface area contributed by atoms with E-state index < -0.39 is 10.0 Å². The van der Waals surface area contributed by atoms with Gasteiger partial charge in [-0.1, -0.05) is 6.92 Å². The maximum atomic E-state index is 11.2. The summed E-state index contributed by atoms with van der Waals surface area (Å²) < 4.78 is 33.2. The molecule has 0 radical (unpaired) electrons. The number of primary sulfonamides is 1. The topological polar surface area (TPSA) is 78.6 Å². The zero-order valence-electron chi connectivity index (χ0n) is 9.78. The number of ether oxygens (including phenoxy) is 2. The van der Waals surface area contributed by atoms with E-state index in [0.717, 1.165) is 6.42 Å². The van der Waals surface area contributed by atoms with Gasteiger partial charge in [0.2, 0.25) is 10.0 Å². The molecule has 2 N–H and O–H groups in total. The molecule has 0 atom stereocenters. The first kappa shape index (κ1) is 13.9. The molecular formula is C10H21NO4S. The monoisotopic (exact) mass is 251 g/mol. The normalized spacial score (nSPS) is 20.9. The van der Waals surface area contributed by atoms with Crippen molar-refractivity contribution in [3.05, 3.63) is 0 Å². The zero-order valence-corrected chi connectivity index (χ0v) is 10.6. The van der Waals surface area contributed by atoms with Gasteiger partial charge in [-0.3, -0.25) is 0 Å². The van der Waals surface area contributed by atoms with Crippen LogP contribution in [0.2, 0.25) is 0 Å². The highest BCUT2D eigenvalue weighted by Gasteiger charge is 2.36. The third kappa shape index (κ3) is 4.78. The molecular weight excluding hydrogens is 230 g/mol. The molecule has 0 aromatic heterocycles. The molecule has 1 aliphatic rings. The molecule has 1 heterocycles. The second-order valence-corrected chi connectivity index (χ2v) is 6.09. The lowest BCUT2D eigenvalue weighted by Crippen LogP contribution is -2.42. The second kappa shape index (κ2) is 5.95. The Morgan fingerprint density at radius 1 is 1.38 bits per heavy atom. The van der Waals surface area contributed by atoms with Gasteiger partial charge in [-0.05, 0) is 19.3 Å². The van der Waals surface area contributed by atoms with E-state index in [1.54, 1.807) is 0 Å². The molecule has 1 aliphatic heterocycles. The van der Waals surface area contributed by atoms with Crippen LogP contribution in [-0.2, 0) is 19.5 Å². The van der Waals surface area contributed by atoms with E-state index in [1.807, 2.05) is 6.92 Å². The lowest BCUT2D eigenvalue weighted by molar-refractivity contribution is -0.0278. The Kier molecular flexibility index (Phi) is 5.17. The van der Waals surface area contributed by atoms with Crippen LogP contribution in [0, 0.1) is 5.41 Å². The minimum atomic E-state index is -3.45. The van der Waals surface area contributed by atoms with Gasteiger partial charge in [0.1, 0.15) is 0 Å². The molecule has 0 bridgehead atoms. The van der Waals surface area contributed by atoms with Crippen molar-refractivity contribution in [2.75, 3.05) is 32.2 Å². The molecule has 1 fully saturated rings. The largest absolute Gasteiger partial charge is 0.381 e. The fourth-order valence-electron chi connectivity index (χ4n) is 1.99. The highest BCUT2D eigenvalue weighted by atomic mass is 32.2. The van der Waals surface area contributed by atoms with Crippen molar-refractivity contribution < 1.29 is 17.9 Å². The van der Waals surface area contributed by atoms with E-state index in [4.69, 9.17) is 14.6 Å². The molecule has 0 aromatic carbocycles. The van der Waals surface area contributed by atoms with Gasteiger partial charge in [0, 0.05) is 25.2 Å². The molecule has 96 valence electrons. The van der Waals surface area contributed by atoms with E-state index in [9.17, 15) is 8.42 Å². The summed E-state index contributed by atoms with van der Waals surface area (Å²) in [5, 5.41) is 5.13. The number of hydrogen-bond acceptors (Lipinski definition) is 4. The summed E-state index contributed by atoms with van der Waals surface area (Å²) in [7, 11) is -3.45. The van der Waals surface area contributed by atoms with E-state index in [2.05, 4.69) is 0 Å². The van der Waals surface area contributed by atoms with E-state index >= 15 is 0 Å². The lowest BCUT2D eigenvalue weighted by atomic mass is 9.83. The first-order chi connectivity index (χ1) is 7.47. The zero-order chi connectivity index (χ0) is 12.1. The van der Waals surface area contributed by atoms with Crippen LogP contribution in [0.25, 0.3) is 0 Å². The second-order valence-electron chi connectivity index (χ2n) is 4.47. The Labute approximate surface area is 97.3 Å². The molecule has 6 heteroatoms. The molecule has 5 nitrogen and oxygen atoms in total. The predicted molar refractivity (Wildman–Crippen MR) is 61.6 cm³/mol. The van der Waals surface area contributed by atoms with Crippen molar-refractivity contribution >= 4 is 10.0 Å². The number of rotatable bonds is 6. The Balaban J connectivity index is 2.60. The molecule has 0 aliphatic carbocycles. The molecule has 0 amide bonds. The van der Waals surface area contributed by atoms with Crippen molar-refractivity contribution in [1.29, 1.82) is 0 Å². The minimum absolute atomic E-state index is 0.00687. The van der Waals surface area contributed by atoms with Gasteiger partial charge < -0.3 is 9.47 Å². The first-order valence-corrected chi connectivity index (χ1v) is 7.35. The van der Waals surface area contributed by atoms with Gasteiger partial charge >= 0.3 is 0 Å². The van der Waals surface area contributed by atoms with Crippen LogP contribution in [0.3, 0.4) is 0 Å². The van der Waals surface area contributed by atoms with Crippen molar-refractivity contribution in [2.45, 2.75) is 26.2 Å². The number of hydrogen-bond donors (Lipinski definition) is 1. The van der Waals surface area contributed by atoms with E-state index in [1.165, 1.54) is 0 Å². The minimum Gasteiger partial charge on any atom is -0.381 e. The van der Waals surface area contributed by atoms with Gasteiger partial charge in [-0.2, -0.15) is 0 Å². The number of sulfonamides is 1. The van der Waals surface area contributed by atoms with Gasteiger partial charge in [0.05, 0.1) is 12.4 Å². The molecule has 16 heavy (non-hydrogen) atoms. The van der Waals surface area contributed by atoms with Gasteiger partial charge in [-0.15, -0.1) is 0 Å². The fraction of sp³-hybridized carbons (Fsp3) is 1.00. The third-order valence-corrected chi connectivity index (χ3v) is 3.83. The predicted octanol–water partition coefficient (Wildman–Crippen LogP) is 0.498. The highest BCUT2D eigenvalue weighted by molar-refractivity contribution is 7.89.